The summed E-state index contributed by atoms with van der Waals surface area (Å²) in [4.78, 5) is 8.82. The lowest BCUT2D eigenvalue weighted by Gasteiger charge is -2.39. The van der Waals surface area contributed by atoms with Gasteiger partial charge in [0.1, 0.15) is 11.7 Å². The van der Waals surface area contributed by atoms with Crippen LogP contribution in [0.2, 0.25) is 5.02 Å². The van der Waals surface area contributed by atoms with E-state index in [0.29, 0.717) is 5.65 Å². The van der Waals surface area contributed by atoms with E-state index in [1.165, 1.54) is 0 Å². The van der Waals surface area contributed by atoms with Crippen LogP contribution in [0.15, 0.2) is 60.8 Å². The summed E-state index contributed by atoms with van der Waals surface area (Å²) in [6.07, 6.45) is 1.04. The second kappa shape index (κ2) is 8.26. The smallest absolute Gasteiger partial charge is 0.183 e. The number of hydrogen-bond acceptors (Lipinski definition) is 6. The van der Waals surface area contributed by atoms with E-state index in [4.69, 9.17) is 11.6 Å². The molecular weight excluding hydrogens is 412 g/mol. The summed E-state index contributed by atoms with van der Waals surface area (Å²) in [5, 5.41) is 20.4. The third kappa shape index (κ3) is 3.76. The molecule has 1 aliphatic rings. The third-order valence-corrected chi connectivity index (χ3v) is 6.13. The van der Waals surface area contributed by atoms with Crippen LogP contribution in [0.5, 0.6) is 0 Å². The largest absolute Gasteiger partial charge is 0.374 e. The molecule has 1 aliphatic heterocycles. The molecule has 1 unspecified atom stereocenters. The Balaban J connectivity index is 1.37. The number of nitrogens with zero attached hydrogens (tertiary/aromatic N) is 6. The van der Waals surface area contributed by atoms with E-state index in [1.807, 2.05) is 55.5 Å². The fraction of sp³-hybridized carbons (Fsp3) is 0.261. The molecule has 2 aromatic carbocycles. The molecule has 1 fully saturated rings. The topological polar surface area (TPSA) is 70.3 Å². The molecule has 0 amide bonds. The Hall–Kier alpha value is -3.00. The molecule has 4 aromatic rings. The first-order valence-corrected chi connectivity index (χ1v) is 10.7. The summed E-state index contributed by atoms with van der Waals surface area (Å²) in [6, 6.07) is 17.5. The number of aliphatic hydroxyl groups is 1. The van der Waals surface area contributed by atoms with Gasteiger partial charge in [0, 0.05) is 48.6 Å². The number of pyridine rings is 1. The summed E-state index contributed by atoms with van der Waals surface area (Å²) in [7, 11) is 0. The van der Waals surface area contributed by atoms with Crippen molar-refractivity contribution in [3.8, 4) is 5.69 Å². The number of anilines is 1. The standard InChI is InChI=1S/C23H23ClN6O/c1-16-19(7-3-9-21(16)30-22-20(26-27-30)8-4-10-25-22)23(31)29-13-11-28(12-14-29)18-6-2-5-17(24)15-18/h2-10,15,23,31H,11-14H2,1H3. The normalized spacial score (nSPS) is 16.0. The quantitative estimate of drug-likeness (QED) is 0.529. The SMILES string of the molecule is Cc1c(C(O)N2CCN(c3cccc(Cl)c3)CC2)cccc1-n1nnc2cccnc21. The van der Waals surface area contributed by atoms with Crippen LogP contribution in [-0.4, -0.2) is 56.2 Å². The number of fused-ring (bicyclic) bond motifs is 1. The van der Waals surface area contributed by atoms with Crippen molar-refractivity contribution in [1.82, 2.24) is 24.9 Å². The van der Waals surface area contributed by atoms with E-state index < -0.39 is 6.23 Å². The van der Waals surface area contributed by atoms with Crippen LogP contribution in [-0.2, 0) is 0 Å². The van der Waals surface area contributed by atoms with E-state index in [1.54, 1.807) is 10.9 Å². The summed E-state index contributed by atoms with van der Waals surface area (Å²) in [6.45, 7) is 5.17. The highest BCUT2D eigenvalue weighted by molar-refractivity contribution is 6.30. The Kier molecular flexibility index (Phi) is 5.31. The molecule has 1 N–H and O–H groups in total. The third-order valence-electron chi connectivity index (χ3n) is 5.90. The fourth-order valence-corrected chi connectivity index (χ4v) is 4.36. The minimum absolute atomic E-state index is 0.691. The van der Waals surface area contributed by atoms with Gasteiger partial charge in [-0.25, -0.2) is 4.98 Å². The molecule has 2 aromatic heterocycles. The monoisotopic (exact) mass is 434 g/mol. The summed E-state index contributed by atoms with van der Waals surface area (Å²) < 4.78 is 1.73. The molecule has 31 heavy (non-hydrogen) atoms. The van der Waals surface area contributed by atoms with Gasteiger partial charge in [0.05, 0.1) is 5.69 Å². The van der Waals surface area contributed by atoms with E-state index in [0.717, 1.165) is 59.2 Å². The van der Waals surface area contributed by atoms with E-state index in [9.17, 15) is 5.11 Å². The first kappa shape index (κ1) is 19.9. The minimum Gasteiger partial charge on any atom is -0.374 e. The second-order valence-corrected chi connectivity index (χ2v) is 8.15. The maximum Gasteiger partial charge on any atom is 0.183 e. The molecule has 1 atom stereocenters. The molecule has 7 nitrogen and oxygen atoms in total. The molecule has 0 radical (unpaired) electrons. The van der Waals surface area contributed by atoms with Crippen molar-refractivity contribution in [2.24, 2.45) is 0 Å². The summed E-state index contributed by atoms with van der Waals surface area (Å²) in [5.41, 5.74) is 5.26. The number of rotatable bonds is 4. The van der Waals surface area contributed by atoms with Crippen molar-refractivity contribution in [3.05, 3.63) is 76.9 Å². The molecule has 0 bridgehead atoms. The number of benzene rings is 2. The second-order valence-electron chi connectivity index (χ2n) is 7.72. The van der Waals surface area contributed by atoms with Crippen molar-refractivity contribution in [2.75, 3.05) is 31.1 Å². The van der Waals surface area contributed by atoms with Crippen LogP contribution in [0.25, 0.3) is 16.9 Å². The van der Waals surface area contributed by atoms with E-state index >= 15 is 0 Å². The van der Waals surface area contributed by atoms with Crippen molar-refractivity contribution >= 4 is 28.5 Å². The van der Waals surface area contributed by atoms with Crippen molar-refractivity contribution in [2.45, 2.75) is 13.2 Å². The van der Waals surface area contributed by atoms with Gasteiger partial charge in [-0.05, 0) is 48.9 Å². The zero-order valence-corrected chi connectivity index (χ0v) is 17.9. The fourth-order valence-electron chi connectivity index (χ4n) is 4.17. The summed E-state index contributed by atoms with van der Waals surface area (Å²) >= 11 is 6.14. The first-order chi connectivity index (χ1) is 15.1. The Morgan fingerprint density at radius 2 is 1.81 bits per heavy atom. The zero-order valence-electron chi connectivity index (χ0n) is 17.2. The molecule has 8 heteroatoms. The molecule has 0 saturated carbocycles. The first-order valence-electron chi connectivity index (χ1n) is 10.3. The number of hydrogen-bond donors (Lipinski definition) is 1. The van der Waals surface area contributed by atoms with Crippen LogP contribution in [0.4, 0.5) is 5.69 Å². The van der Waals surface area contributed by atoms with Crippen molar-refractivity contribution in [3.63, 3.8) is 0 Å². The van der Waals surface area contributed by atoms with Crippen LogP contribution < -0.4 is 4.90 Å². The van der Waals surface area contributed by atoms with Gasteiger partial charge in [0.25, 0.3) is 0 Å². The molecule has 1 saturated heterocycles. The average Bonchev–Trinajstić information content (AvgIpc) is 3.23. The number of piperazine rings is 1. The molecule has 3 heterocycles. The predicted molar refractivity (Wildman–Crippen MR) is 122 cm³/mol. The van der Waals surface area contributed by atoms with Gasteiger partial charge >= 0.3 is 0 Å². The average molecular weight is 435 g/mol. The Morgan fingerprint density at radius 1 is 1.00 bits per heavy atom. The van der Waals surface area contributed by atoms with Crippen LogP contribution >= 0.6 is 11.6 Å². The maximum atomic E-state index is 11.2. The molecule has 5 rings (SSSR count). The highest BCUT2D eigenvalue weighted by Crippen LogP contribution is 2.29. The van der Waals surface area contributed by atoms with Gasteiger partial charge in [0.2, 0.25) is 0 Å². The Labute approximate surface area is 185 Å². The van der Waals surface area contributed by atoms with Crippen LogP contribution in [0, 0.1) is 6.92 Å². The van der Waals surface area contributed by atoms with Gasteiger partial charge in [-0.2, -0.15) is 4.68 Å². The number of halogens is 1. The molecule has 158 valence electrons. The van der Waals surface area contributed by atoms with Gasteiger partial charge in [-0.3, -0.25) is 4.90 Å². The lowest BCUT2D eigenvalue weighted by atomic mass is 10.0. The van der Waals surface area contributed by atoms with Crippen molar-refractivity contribution < 1.29 is 5.11 Å². The maximum absolute atomic E-state index is 11.2. The Bertz CT molecular complexity index is 1220. The van der Waals surface area contributed by atoms with E-state index in [-0.39, 0.29) is 0 Å². The molecule has 0 spiro atoms. The lowest BCUT2D eigenvalue weighted by molar-refractivity contribution is -0.00205. The Morgan fingerprint density at radius 3 is 2.61 bits per heavy atom. The highest BCUT2D eigenvalue weighted by atomic mass is 35.5. The van der Waals surface area contributed by atoms with Gasteiger partial charge < -0.3 is 10.0 Å². The van der Waals surface area contributed by atoms with Gasteiger partial charge in [-0.15, -0.1) is 5.10 Å². The predicted octanol–water partition coefficient (Wildman–Crippen LogP) is 3.59. The minimum atomic E-state index is -0.691. The highest BCUT2D eigenvalue weighted by Gasteiger charge is 2.25. The van der Waals surface area contributed by atoms with Crippen LogP contribution in [0.1, 0.15) is 17.4 Å². The van der Waals surface area contributed by atoms with Crippen LogP contribution in [0.3, 0.4) is 0 Å². The van der Waals surface area contributed by atoms with Crippen molar-refractivity contribution in [1.29, 1.82) is 0 Å². The summed E-state index contributed by atoms with van der Waals surface area (Å²) in [5.74, 6) is 0. The lowest BCUT2D eigenvalue weighted by Crippen LogP contribution is -2.47. The molecular formula is C23H23ClN6O. The van der Waals surface area contributed by atoms with Gasteiger partial charge in [-0.1, -0.05) is 35.0 Å². The van der Waals surface area contributed by atoms with E-state index in [2.05, 4.69) is 31.2 Å². The zero-order chi connectivity index (χ0) is 21.4. The number of aliphatic hydroxyl groups excluding tert-OH is 1. The van der Waals surface area contributed by atoms with Gasteiger partial charge in [0.15, 0.2) is 5.65 Å². The molecule has 0 aliphatic carbocycles. The number of aromatic nitrogens is 4.